The summed E-state index contributed by atoms with van der Waals surface area (Å²) >= 11 is 0. The lowest BCUT2D eigenvalue weighted by molar-refractivity contribution is 0.263. The van der Waals surface area contributed by atoms with Crippen LogP contribution in [0.5, 0.6) is 0 Å². The summed E-state index contributed by atoms with van der Waals surface area (Å²) in [5.74, 6) is 0. The maximum Gasteiger partial charge on any atom is 0.101 e. The van der Waals surface area contributed by atoms with Gasteiger partial charge in [0.2, 0.25) is 0 Å². The van der Waals surface area contributed by atoms with E-state index in [1.54, 1.807) is 0 Å². The number of anilines is 1. The number of aliphatic hydroxyl groups excluding tert-OH is 1. The number of hydrogen-bond acceptors (Lipinski definition) is 4. The Morgan fingerprint density at radius 1 is 1.47 bits per heavy atom. The van der Waals surface area contributed by atoms with Crippen LogP contribution in [0.25, 0.3) is 0 Å². The second kappa shape index (κ2) is 6.55. The van der Waals surface area contributed by atoms with Gasteiger partial charge in [-0.2, -0.15) is 5.26 Å². The van der Waals surface area contributed by atoms with E-state index in [4.69, 9.17) is 5.11 Å². The molecule has 2 unspecified atom stereocenters. The van der Waals surface area contributed by atoms with Crippen LogP contribution >= 0.6 is 0 Å². The van der Waals surface area contributed by atoms with Gasteiger partial charge in [0.1, 0.15) is 6.07 Å². The average Bonchev–Trinajstić information content (AvgIpc) is 2.61. The van der Waals surface area contributed by atoms with Crippen LogP contribution in [0.1, 0.15) is 25.3 Å². The van der Waals surface area contributed by atoms with Gasteiger partial charge in [0.25, 0.3) is 0 Å². The number of hydrogen-bond donors (Lipinski definition) is 2. The second-order valence-electron chi connectivity index (χ2n) is 5.14. The lowest BCUT2D eigenvalue weighted by Crippen LogP contribution is -2.40. The number of aliphatic hydroxyl groups is 1. The average molecular weight is 259 g/mol. The van der Waals surface area contributed by atoms with Gasteiger partial charge in [0, 0.05) is 31.8 Å². The van der Waals surface area contributed by atoms with Gasteiger partial charge in [0.05, 0.1) is 11.3 Å². The minimum atomic E-state index is 0.193. The van der Waals surface area contributed by atoms with E-state index in [1.165, 1.54) is 0 Å². The van der Waals surface area contributed by atoms with Crippen LogP contribution in [-0.4, -0.2) is 36.9 Å². The number of nitriles is 1. The smallest absolute Gasteiger partial charge is 0.101 e. The van der Waals surface area contributed by atoms with Crippen LogP contribution in [-0.2, 0) is 0 Å². The van der Waals surface area contributed by atoms with Crippen LogP contribution in [0.2, 0.25) is 0 Å². The van der Waals surface area contributed by atoms with E-state index in [0.717, 1.165) is 37.2 Å². The fraction of sp³-hybridized carbons (Fsp3) is 0.533. The fourth-order valence-corrected chi connectivity index (χ4v) is 2.64. The van der Waals surface area contributed by atoms with Gasteiger partial charge in [-0.1, -0.05) is 12.1 Å². The topological polar surface area (TPSA) is 59.3 Å². The van der Waals surface area contributed by atoms with Gasteiger partial charge < -0.3 is 15.3 Å². The highest BCUT2D eigenvalue weighted by molar-refractivity contribution is 5.59. The summed E-state index contributed by atoms with van der Waals surface area (Å²) < 4.78 is 0. The number of nitrogens with one attached hydrogen (secondary N) is 1. The number of nitrogens with zero attached hydrogens (tertiary/aromatic N) is 2. The summed E-state index contributed by atoms with van der Waals surface area (Å²) in [6.07, 6.45) is 1.79. The molecule has 0 spiro atoms. The molecule has 2 rings (SSSR count). The largest absolute Gasteiger partial charge is 0.396 e. The van der Waals surface area contributed by atoms with Gasteiger partial charge in [-0.15, -0.1) is 0 Å². The highest BCUT2D eigenvalue weighted by Crippen LogP contribution is 2.22. The van der Waals surface area contributed by atoms with Crippen LogP contribution in [0.4, 0.5) is 5.69 Å². The van der Waals surface area contributed by atoms with Crippen molar-refractivity contribution in [3.8, 4) is 6.07 Å². The van der Waals surface area contributed by atoms with E-state index < -0.39 is 0 Å². The van der Waals surface area contributed by atoms with Crippen LogP contribution in [0.3, 0.4) is 0 Å². The van der Waals surface area contributed by atoms with Gasteiger partial charge in [-0.05, 0) is 31.9 Å². The summed E-state index contributed by atoms with van der Waals surface area (Å²) in [7, 11) is 0. The summed E-state index contributed by atoms with van der Waals surface area (Å²) in [5.41, 5.74) is 1.73. The standard InChI is InChI=1S/C15H21N3O/c1-12-6-8-18(11-14(17-12)7-9-19)15-5-3-2-4-13(15)10-16/h2-5,12,14,17,19H,6-9,11H2,1H3. The fourth-order valence-electron chi connectivity index (χ4n) is 2.64. The molecule has 0 bridgehead atoms. The molecule has 19 heavy (non-hydrogen) atoms. The Balaban J connectivity index is 2.20. The van der Waals surface area contributed by atoms with E-state index >= 15 is 0 Å². The Labute approximate surface area is 114 Å². The van der Waals surface area contributed by atoms with Crippen LogP contribution in [0, 0.1) is 11.3 Å². The molecule has 0 aromatic heterocycles. The van der Waals surface area contributed by atoms with E-state index in [1.807, 2.05) is 24.3 Å². The molecule has 4 heteroatoms. The van der Waals surface area contributed by atoms with Gasteiger partial charge in [0.15, 0.2) is 0 Å². The van der Waals surface area contributed by atoms with E-state index in [2.05, 4.69) is 23.2 Å². The first kappa shape index (κ1) is 13.9. The molecule has 0 aliphatic carbocycles. The first-order chi connectivity index (χ1) is 9.24. The van der Waals surface area contributed by atoms with Crippen molar-refractivity contribution in [3.05, 3.63) is 29.8 Å². The highest BCUT2D eigenvalue weighted by Gasteiger charge is 2.22. The van der Waals surface area contributed by atoms with Crippen LogP contribution < -0.4 is 10.2 Å². The Morgan fingerprint density at radius 2 is 2.26 bits per heavy atom. The van der Waals surface area contributed by atoms with Crippen molar-refractivity contribution in [2.45, 2.75) is 31.8 Å². The van der Waals surface area contributed by atoms with Crippen molar-refractivity contribution < 1.29 is 5.11 Å². The molecule has 0 saturated carbocycles. The van der Waals surface area contributed by atoms with Crippen molar-refractivity contribution in [1.29, 1.82) is 5.26 Å². The molecule has 1 aromatic rings. The molecule has 0 radical (unpaired) electrons. The van der Waals surface area contributed by atoms with E-state index in [9.17, 15) is 5.26 Å². The Kier molecular flexibility index (Phi) is 4.78. The zero-order valence-corrected chi connectivity index (χ0v) is 11.3. The third kappa shape index (κ3) is 3.46. The number of rotatable bonds is 3. The molecule has 1 saturated heterocycles. The number of benzene rings is 1. The Hall–Kier alpha value is -1.57. The molecular formula is C15H21N3O. The molecule has 1 aliphatic rings. The number of para-hydroxylation sites is 1. The van der Waals surface area contributed by atoms with Crippen molar-refractivity contribution >= 4 is 5.69 Å². The predicted molar refractivity (Wildman–Crippen MR) is 76.1 cm³/mol. The molecule has 1 fully saturated rings. The van der Waals surface area contributed by atoms with Gasteiger partial charge in [-0.25, -0.2) is 0 Å². The maximum absolute atomic E-state index is 9.21. The highest BCUT2D eigenvalue weighted by atomic mass is 16.3. The van der Waals surface area contributed by atoms with Gasteiger partial charge in [-0.3, -0.25) is 0 Å². The summed E-state index contributed by atoms with van der Waals surface area (Å²) in [6.45, 7) is 4.14. The second-order valence-corrected chi connectivity index (χ2v) is 5.14. The molecule has 2 N–H and O–H groups in total. The molecule has 0 amide bonds. The van der Waals surface area contributed by atoms with Crippen molar-refractivity contribution in [2.75, 3.05) is 24.6 Å². The van der Waals surface area contributed by atoms with Gasteiger partial charge >= 0.3 is 0 Å². The predicted octanol–water partition coefficient (Wildman–Crippen LogP) is 1.50. The third-order valence-electron chi connectivity index (χ3n) is 3.64. The maximum atomic E-state index is 9.21. The quantitative estimate of drug-likeness (QED) is 0.863. The Morgan fingerprint density at radius 3 is 3.00 bits per heavy atom. The molecular weight excluding hydrogens is 238 g/mol. The first-order valence-corrected chi connectivity index (χ1v) is 6.85. The first-order valence-electron chi connectivity index (χ1n) is 6.85. The summed E-state index contributed by atoms with van der Waals surface area (Å²) in [5, 5.41) is 21.9. The van der Waals surface area contributed by atoms with Crippen molar-refractivity contribution in [1.82, 2.24) is 5.32 Å². The van der Waals surface area contributed by atoms with E-state index in [0.29, 0.717) is 6.04 Å². The lowest BCUT2D eigenvalue weighted by atomic mass is 10.1. The summed E-state index contributed by atoms with van der Waals surface area (Å²) in [6, 6.07) is 10.7. The molecule has 1 heterocycles. The zero-order chi connectivity index (χ0) is 13.7. The molecule has 1 aromatic carbocycles. The minimum absolute atomic E-state index is 0.193. The lowest BCUT2D eigenvalue weighted by Gasteiger charge is -2.27. The monoisotopic (exact) mass is 259 g/mol. The SMILES string of the molecule is CC1CCN(c2ccccc2C#N)CC(CCO)N1. The molecule has 4 nitrogen and oxygen atoms in total. The third-order valence-corrected chi connectivity index (χ3v) is 3.64. The molecule has 1 aliphatic heterocycles. The zero-order valence-electron chi connectivity index (χ0n) is 11.3. The summed E-state index contributed by atoms with van der Waals surface area (Å²) in [4.78, 5) is 2.26. The van der Waals surface area contributed by atoms with Crippen molar-refractivity contribution in [3.63, 3.8) is 0 Å². The van der Waals surface area contributed by atoms with Crippen molar-refractivity contribution in [2.24, 2.45) is 0 Å². The molecule has 102 valence electrons. The van der Waals surface area contributed by atoms with Crippen LogP contribution in [0.15, 0.2) is 24.3 Å². The van der Waals surface area contributed by atoms with E-state index in [-0.39, 0.29) is 12.6 Å². The Bertz CT molecular complexity index is 455. The molecule has 2 atom stereocenters. The minimum Gasteiger partial charge on any atom is -0.396 e. The normalized spacial score (nSPS) is 23.7.